The second kappa shape index (κ2) is 4.08. The Hall–Kier alpha value is 0.0969. The van der Waals surface area contributed by atoms with Crippen LogP contribution >= 0.6 is 0 Å². The molecule has 0 aliphatic carbocycles. The summed E-state index contributed by atoms with van der Waals surface area (Å²) in [5.74, 6) is 0. The lowest BCUT2D eigenvalue weighted by Crippen LogP contribution is -2.59. The van der Waals surface area contributed by atoms with Crippen molar-refractivity contribution in [3.63, 3.8) is 0 Å². The zero-order valence-electron chi connectivity index (χ0n) is 8.51. The largest absolute Gasteiger partial charge is 0.365 e. The average Bonchev–Trinajstić information content (AvgIpc) is 2.20. The lowest BCUT2D eigenvalue weighted by atomic mass is 10.1. The van der Waals surface area contributed by atoms with Crippen molar-refractivity contribution in [2.75, 3.05) is 32.8 Å². The maximum atomic E-state index is 5.96. The van der Waals surface area contributed by atoms with E-state index in [2.05, 4.69) is 10.2 Å². The molecule has 2 fully saturated rings. The molecular formula is C9H20N2OSi. The summed E-state index contributed by atoms with van der Waals surface area (Å²) < 4.78 is 5.96. The maximum absolute atomic E-state index is 5.96. The number of piperazine rings is 1. The second-order valence-electron chi connectivity index (χ2n) is 4.22. The number of rotatable bonds is 1. The summed E-state index contributed by atoms with van der Waals surface area (Å²) in [5.41, 5.74) is 0. The smallest absolute Gasteiger partial charge is 0.0971 e. The summed E-state index contributed by atoms with van der Waals surface area (Å²) in [5, 5.41) is 3.57. The van der Waals surface area contributed by atoms with Crippen LogP contribution in [0.4, 0.5) is 0 Å². The Kier molecular flexibility index (Phi) is 3.03. The maximum Gasteiger partial charge on any atom is 0.0971 e. The summed E-state index contributed by atoms with van der Waals surface area (Å²) in [6.07, 6.45) is 3.88. The summed E-state index contributed by atoms with van der Waals surface area (Å²) in [6.45, 7) is 5.58. The fourth-order valence-electron chi connectivity index (χ4n) is 2.31. The molecule has 0 radical (unpaired) electrons. The van der Waals surface area contributed by atoms with Crippen LogP contribution in [0.25, 0.3) is 0 Å². The van der Waals surface area contributed by atoms with Gasteiger partial charge in [0.15, 0.2) is 0 Å². The van der Waals surface area contributed by atoms with E-state index < -0.39 is 0 Å². The van der Waals surface area contributed by atoms with Crippen LogP contribution in [0.1, 0.15) is 19.3 Å². The first-order valence-corrected chi connectivity index (χ1v) is 6.41. The molecule has 1 unspecified atom stereocenters. The van der Waals surface area contributed by atoms with E-state index in [4.69, 9.17) is 4.74 Å². The zero-order chi connectivity index (χ0) is 9.15. The fraction of sp³-hybridized carbons (Fsp3) is 1.00. The minimum absolute atomic E-state index is 0.181. The number of ether oxygens (including phenoxy) is 1. The van der Waals surface area contributed by atoms with Gasteiger partial charge in [-0.3, -0.25) is 4.90 Å². The minimum atomic E-state index is 0.181. The van der Waals surface area contributed by atoms with Crippen molar-refractivity contribution in [3.8, 4) is 0 Å². The molecule has 1 N–H and O–H groups in total. The van der Waals surface area contributed by atoms with Crippen LogP contribution < -0.4 is 5.32 Å². The Morgan fingerprint density at radius 1 is 1.23 bits per heavy atom. The highest BCUT2D eigenvalue weighted by Crippen LogP contribution is 2.25. The van der Waals surface area contributed by atoms with E-state index in [1.807, 2.05) is 0 Å². The van der Waals surface area contributed by atoms with E-state index in [9.17, 15) is 0 Å². The van der Waals surface area contributed by atoms with Gasteiger partial charge in [-0.2, -0.15) is 0 Å². The molecule has 2 rings (SSSR count). The molecule has 2 aliphatic rings. The summed E-state index contributed by atoms with van der Waals surface area (Å²) in [4.78, 5) is 2.55. The monoisotopic (exact) mass is 200 g/mol. The van der Waals surface area contributed by atoms with E-state index >= 15 is 0 Å². The first-order valence-electron chi connectivity index (χ1n) is 5.41. The van der Waals surface area contributed by atoms with Crippen molar-refractivity contribution >= 4 is 10.2 Å². The van der Waals surface area contributed by atoms with Crippen molar-refractivity contribution in [2.45, 2.75) is 24.6 Å². The summed E-state index contributed by atoms with van der Waals surface area (Å²) in [7, 11) is 1.15. The van der Waals surface area contributed by atoms with Crippen LogP contribution in [-0.4, -0.2) is 53.3 Å². The Labute approximate surface area is 83.2 Å². The van der Waals surface area contributed by atoms with E-state index in [0.29, 0.717) is 0 Å². The van der Waals surface area contributed by atoms with Crippen LogP contribution in [0, 0.1) is 0 Å². The fourth-order valence-corrected chi connectivity index (χ4v) is 3.31. The van der Waals surface area contributed by atoms with Crippen LogP contribution in [0.15, 0.2) is 0 Å². The Bertz CT molecular complexity index is 165. The molecule has 3 nitrogen and oxygen atoms in total. The minimum Gasteiger partial charge on any atom is -0.365 e. The van der Waals surface area contributed by atoms with Gasteiger partial charge in [0.05, 0.1) is 15.6 Å². The molecule has 0 saturated carbocycles. The lowest BCUT2D eigenvalue weighted by Gasteiger charge is -2.45. The van der Waals surface area contributed by atoms with Crippen LogP contribution in [-0.2, 0) is 4.74 Å². The van der Waals surface area contributed by atoms with Gasteiger partial charge in [-0.05, 0) is 19.3 Å². The van der Waals surface area contributed by atoms with E-state index in [0.717, 1.165) is 29.9 Å². The highest BCUT2D eigenvalue weighted by molar-refractivity contribution is 6.14. The topological polar surface area (TPSA) is 24.5 Å². The number of nitrogens with zero attached hydrogens (tertiary/aromatic N) is 1. The molecule has 76 valence electrons. The van der Waals surface area contributed by atoms with Gasteiger partial charge in [-0.25, -0.2) is 0 Å². The molecule has 13 heavy (non-hydrogen) atoms. The average molecular weight is 200 g/mol. The second-order valence-corrected chi connectivity index (χ2v) is 5.78. The van der Waals surface area contributed by atoms with Gasteiger partial charge < -0.3 is 10.1 Å². The molecule has 2 heterocycles. The third kappa shape index (κ3) is 2.12. The van der Waals surface area contributed by atoms with Gasteiger partial charge in [-0.1, -0.05) is 0 Å². The van der Waals surface area contributed by atoms with Gasteiger partial charge in [0.2, 0.25) is 0 Å². The highest BCUT2D eigenvalue weighted by Gasteiger charge is 2.34. The standard InChI is InChI=1S/C9H20N2OSi/c13-9(3-1-2-8-12-9)11-6-4-10-5-7-11/h10H,1-8H2,13H3. The zero-order valence-corrected chi connectivity index (χ0v) is 10.5. The van der Waals surface area contributed by atoms with E-state index in [-0.39, 0.29) is 5.35 Å². The van der Waals surface area contributed by atoms with Crippen molar-refractivity contribution in [3.05, 3.63) is 0 Å². The molecule has 1 atom stereocenters. The van der Waals surface area contributed by atoms with Gasteiger partial charge >= 0.3 is 0 Å². The molecular weight excluding hydrogens is 180 g/mol. The quantitative estimate of drug-likeness (QED) is 0.556. The van der Waals surface area contributed by atoms with Gasteiger partial charge in [0.1, 0.15) is 0 Å². The summed E-state index contributed by atoms with van der Waals surface area (Å²) >= 11 is 0. The highest BCUT2D eigenvalue weighted by atomic mass is 28.1. The molecule has 0 amide bonds. The van der Waals surface area contributed by atoms with Gasteiger partial charge in [0.25, 0.3) is 0 Å². The van der Waals surface area contributed by atoms with Crippen LogP contribution in [0.5, 0.6) is 0 Å². The predicted molar refractivity (Wildman–Crippen MR) is 56.9 cm³/mol. The number of hydrogen-bond acceptors (Lipinski definition) is 3. The summed E-state index contributed by atoms with van der Waals surface area (Å²) in [6, 6.07) is 0. The third-order valence-electron chi connectivity index (χ3n) is 3.23. The van der Waals surface area contributed by atoms with Crippen molar-refractivity contribution in [1.82, 2.24) is 10.2 Å². The molecule has 0 aromatic carbocycles. The normalized spacial score (nSPS) is 37.8. The van der Waals surface area contributed by atoms with Crippen molar-refractivity contribution in [1.29, 1.82) is 0 Å². The molecule has 2 aliphatic heterocycles. The molecule has 4 heteroatoms. The molecule has 2 saturated heterocycles. The predicted octanol–water partition coefficient (Wildman–Crippen LogP) is -0.889. The molecule has 0 bridgehead atoms. The Balaban J connectivity index is 1.94. The first-order chi connectivity index (χ1) is 6.31. The van der Waals surface area contributed by atoms with Crippen molar-refractivity contribution < 1.29 is 4.74 Å². The van der Waals surface area contributed by atoms with E-state index in [1.165, 1.54) is 32.4 Å². The van der Waals surface area contributed by atoms with Gasteiger partial charge in [-0.15, -0.1) is 0 Å². The van der Waals surface area contributed by atoms with Crippen molar-refractivity contribution in [2.24, 2.45) is 0 Å². The lowest BCUT2D eigenvalue weighted by molar-refractivity contribution is -0.124. The Morgan fingerprint density at radius 2 is 2.00 bits per heavy atom. The van der Waals surface area contributed by atoms with E-state index in [1.54, 1.807) is 0 Å². The first kappa shape index (κ1) is 9.64. The molecule has 0 spiro atoms. The van der Waals surface area contributed by atoms with Crippen LogP contribution in [0.3, 0.4) is 0 Å². The molecule has 0 aromatic heterocycles. The number of nitrogens with one attached hydrogen (secondary N) is 1. The third-order valence-corrected chi connectivity index (χ3v) is 4.66. The molecule has 0 aromatic rings. The SMILES string of the molecule is [SiH3]C1(N2CCNCC2)CCCCO1. The Morgan fingerprint density at radius 3 is 2.62 bits per heavy atom. The van der Waals surface area contributed by atoms with Gasteiger partial charge in [0, 0.05) is 32.8 Å². The van der Waals surface area contributed by atoms with Crippen LogP contribution in [0.2, 0.25) is 0 Å². The number of hydrogen-bond donors (Lipinski definition) is 1.